The highest BCUT2D eigenvalue weighted by atomic mass is 32.2. The molecule has 0 aromatic carbocycles. The Balaban J connectivity index is 2.92. The third-order valence-corrected chi connectivity index (χ3v) is 4.77. The van der Waals surface area contributed by atoms with E-state index in [9.17, 15) is 19.8 Å². The molecule has 2 N–H and O–H groups in total. The Morgan fingerprint density at radius 1 is 1.00 bits per heavy atom. The van der Waals surface area contributed by atoms with E-state index in [0.29, 0.717) is 12.8 Å². The molecule has 1 heterocycles. The third-order valence-electron chi connectivity index (χ3n) is 2.19. The molecule has 0 amide bonds. The highest BCUT2D eigenvalue weighted by molar-refractivity contribution is 8.25. The van der Waals surface area contributed by atoms with Crippen molar-refractivity contribution in [1.29, 1.82) is 0 Å². The fourth-order valence-electron chi connectivity index (χ4n) is 1.27. The van der Waals surface area contributed by atoms with Crippen molar-refractivity contribution in [3.8, 4) is 0 Å². The second-order valence-corrected chi connectivity index (χ2v) is 6.46. The van der Waals surface area contributed by atoms with Gasteiger partial charge in [-0.05, 0) is 12.8 Å². The molecular formula is C12H18O6S2. The van der Waals surface area contributed by atoms with E-state index in [0.717, 1.165) is 23.5 Å². The molecule has 0 saturated carbocycles. The van der Waals surface area contributed by atoms with Crippen molar-refractivity contribution in [2.24, 2.45) is 0 Å². The first kappa shape index (κ1) is 17.4. The lowest BCUT2D eigenvalue weighted by Gasteiger charge is -2.09. The molecule has 2 unspecified atom stereocenters. The molecule has 0 aromatic heterocycles. The van der Waals surface area contributed by atoms with Gasteiger partial charge in [-0.25, -0.2) is 9.59 Å². The van der Waals surface area contributed by atoms with Gasteiger partial charge in [0.25, 0.3) is 0 Å². The molecule has 0 aromatic rings. The standard InChI is InChI=1S/C12H18O6S2/c1-3-5-17-8(13)7(9(14)18-6-4-2)12-19-10(15)11(16)20-12/h10-11,15-16H,3-6H2,1-2H3. The average molecular weight is 322 g/mol. The lowest BCUT2D eigenvalue weighted by Crippen LogP contribution is -2.20. The Bertz CT molecular complexity index is 361. The van der Waals surface area contributed by atoms with Crippen molar-refractivity contribution in [2.75, 3.05) is 13.2 Å². The maximum Gasteiger partial charge on any atom is 0.347 e. The summed E-state index contributed by atoms with van der Waals surface area (Å²) in [6, 6.07) is 0. The Morgan fingerprint density at radius 3 is 1.75 bits per heavy atom. The Kier molecular flexibility index (Phi) is 7.42. The number of ether oxygens (including phenoxy) is 2. The molecule has 8 heteroatoms. The maximum atomic E-state index is 11.9. The summed E-state index contributed by atoms with van der Waals surface area (Å²) in [5.74, 6) is -1.58. The second-order valence-electron chi connectivity index (χ2n) is 3.95. The smallest absolute Gasteiger partial charge is 0.347 e. The van der Waals surface area contributed by atoms with Gasteiger partial charge < -0.3 is 19.7 Å². The molecule has 114 valence electrons. The van der Waals surface area contributed by atoms with Gasteiger partial charge in [0.1, 0.15) is 10.9 Å². The average Bonchev–Trinajstić information content (AvgIpc) is 2.73. The lowest BCUT2D eigenvalue weighted by molar-refractivity contribution is -0.147. The number of hydrogen-bond donors (Lipinski definition) is 2. The maximum absolute atomic E-state index is 11.9. The molecule has 1 aliphatic heterocycles. The fourth-order valence-corrected chi connectivity index (χ4v) is 3.65. The van der Waals surface area contributed by atoms with Crippen LogP contribution < -0.4 is 0 Å². The van der Waals surface area contributed by atoms with Crippen LogP contribution in [0.15, 0.2) is 9.81 Å². The van der Waals surface area contributed by atoms with Crippen LogP contribution in [0, 0.1) is 0 Å². The van der Waals surface area contributed by atoms with Gasteiger partial charge in [0.05, 0.1) is 17.5 Å². The van der Waals surface area contributed by atoms with E-state index < -0.39 is 22.8 Å². The number of carbonyl (C=O) groups excluding carboxylic acids is 2. The molecule has 2 atom stereocenters. The molecule has 1 rings (SSSR count). The summed E-state index contributed by atoms with van der Waals surface area (Å²) in [5.41, 5.74) is -2.41. The number of aliphatic hydroxyl groups excluding tert-OH is 2. The quantitative estimate of drug-likeness (QED) is 0.326. The van der Waals surface area contributed by atoms with E-state index in [1.54, 1.807) is 0 Å². The van der Waals surface area contributed by atoms with Gasteiger partial charge in [0.2, 0.25) is 0 Å². The SMILES string of the molecule is CCCOC(=O)C(C(=O)OCCC)=C1SC(O)C(O)S1. The number of aliphatic hydroxyl groups is 2. The minimum absolute atomic E-state index is 0.192. The molecular weight excluding hydrogens is 304 g/mol. The summed E-state index contributed by atoms with van der Waals surface area (Å²) in [4.78, 5) is 23.9. The summed E-state index contributed by atoms with van der Waals surface area (Å²) in [6.07, 6.45) is 1.26. The van der Waals surface area contributed by atoms with Gasteiger partial charge in [-0.1, -0.05) is 37.4 Å². The summed E-state index contributed by atoms with van der Waals surface area (Å²) in [5, 5.41) is 19.0. The normalized spacial score (nSPS) is 21.7. The molecule has 1 fully saturated rings. The van der Waals surface area contributed by atoms with Crippen molar-refractivity contribution < 1.29 is 29.3 Å². The van der Waals surface area contributed by atoms with Crippen molar-refractivity contribution in [3.05, 3.63) is 9.81 Å². The number of thioether (sulfide) groups is 2. The second kappa shape index (κ2) is 8.56. The predicted octanol–water partition coefficient (Wildman–Crippen LogP) is 1.22. The first-order chi connectivity index (χ1) is 9.51. The Labute approximate surface area is 125 Å². The number of hydrogen-bond acceptors (Lipinski definition) is 8. The molecule has 20 heavy (non-hydrogen) atoms. The van der Waals surface area contributed by atoms with Gasteiger partial charge >= 0.3 is 11.9 Å². The minimum atomic E-state index is -1.08. The van der Waals surface area contributed by atoms with Gasteiger partial charge in [0.15, 0.2) is 5.57 Å². The first-order valence-electron chi connectivity index (χ1n) is 6.29. The van der Waals surface area contributed by atoms with Crippen molar-refractivity contribution in [2.45, 2.75) is 37.6 Å². The van der Waals surface area contributed by atoms with Crippen LogP contribution in [-0.4, -0.2) is 46.2 Å². The number of carbonyl (C=O) groups is 2. The van der Waals surface area contributed by atoms with Crippen LogP contribution in [0.5, 0.6) is 0 Å². The van der Waals surface area contributed by atoms with Crippen LogP contribution in [-0.2, 0) is 19.1 Å². The molecule has 1 aliphatic rings. The van der Waals surface area contributed by atoms with E-state index in [4.69, 9.17) is 9.47 Å². The van der Waals surface area contributed by atoms with Crippen molar-refractivity contribution >= 4 is 35.5 Å². The highest BCUT2D eigenvalue weighted by Crippen LogP contribution is 2.46. The zero-order chi connectivity index (χ0) is 15.1. The molecule has 0 aliphatic carbocycles. The Hall–Kier alpha value is -0.700. The Morgan fingerprint density at radius 2 is 1.40 bits per heavy atom. The van der Waals surface area contributed by atoms with Crippen molar-refractivity contribution in [3.63, 3.8) is 0 Å². The zero-order valence-corrected chi connectivity index (χ0v) is 13.0. The van der Waals surface area contributed by atoms with Crippen LogP contribution in [0.2, 0.25) is 0 Å². The largest absolute Gasteiger partial charge is 0.462 e. The lowest BCUT2D eigenvalue weighted by atomic mass is 10.3. The zero-order valence-electron chi connectivity index (χ0n) is 11.3. The summed E-state index contributed by atoms with van der Waals surface area (Å²) in [6.45, 7) is 4.05. The third kappa shape index (κ3) is 4.69. The van der Waals surface area contributed by atoms with E-state index in [1.165, 1.54) is 0 Å². The summed E-state index contributed by atoms with van der Waals surface area (Å²) >= 11 is 1.70. The summed E-state index contributed by atoms with van der Waals surface area (Å²) < 4.78 is 10.1. The van der Waals surface area contributed by atoms with Gasteiger partial charge in [0, 0.05) is 0 Å². The van der Waals surface area contributed by atoms with Gasteiger partial charge in [-0.3, -0.25) is 0 Å². The highest BCUT2D eigenvalue weighted by Gasteiger charge is 2.36. The predicted molar refractivity (Wildman–Crippen MR) is 76.7 cm³/mol. The van der Waals surface area contributed by atoms with Gasteiger partial charge in [-0.2, -0.15) is 0 Å². The molecule has 0 radical (unpaired) electrons. The molecule has 6 nitrogen and oxygen atoms in total. The van der Waals surface area contributed by atoms with Gasteiger partial charge in [-0.15, -0.1) is 0 Å². The van der Waals surface area contributed by atoms with E-state index >= 15 is 0 Å². The molecule has 0 bridgehead atoms. The summed E-state index contributed by atoms with van der Waals surface area (Å²) in [7, 11) is 0. The molecule has 0 spiro atoms. The van der Waals surface area contributed by atoms with Crippen LogP contribution in [0.3, 0.4) is 0 Å². The van der Waals surface area contributed by atoms with Crippen LogP contribution in [0.25, 0.3) is 0 Å². The topological polar surface area (TPSA) is 93.1 Å². The minimum Gasteiger partial charge on any atom is -0.462 e. The van der Waals surface area contributed by atoms with Crippen LogP contribution >= 0.6 is 23.5 Å². The molecule has 1 saturated heterocycles. The number of rotatable bonds is 6. The van der Waals surface area contributed by atoms with Crippen LogP contribution in [0.1, 0.15) is 26.7 Å². The van der Waals surface area contributed by atoms with E-state index in [1.807, 2.05) is 13.8 Å². The van der Waals surface area contributed by atoms with Crippen molar-refractivity contribution in [1.82, 2.24) is 0 Å². The van der Waals surface area contributed by atoms with E-state index in [-0.39, 0.29) is 23.0 Å². The van der Waals surface area contributed by atoms with Crippen LogP contribution in [0.4, 0.5) is 0 Å². The monoisotopic (exact) mass is 322 g/mol. The first-order valence-corrected chi connectivity index (χ1v) is 8.05. The fraction of sp³-hybridized carbons (Fsp3) is 0.667. The number of esters is 2. The van der Waals surface area contributed by atoms with E-state index in [2.05, 4.69) is 0 Å².